The Morgan fingerprint density at radius 3 is 2.64 bits per heavy atom. The number of aromatic nitrogens is 2. The van der Waals surface area contributed by atoms with Crippen LogP contribution in [0.5, 0.6) is 0 Å². The molecule has 144 valence electrons. The number of halogens is 2. The van der Waals surface area contributed by atoms with Gasteiger partial charge in [0, 0.05) is 28.9 Å². The van der Waals surface area contributed by atoms with E-state index in [-0.39, 0.29) is 18.3 Å². The van der Waals surface area contributed by atoms with E-state index < -0.39 is 0 Å². The lowest BCUT2D eigenvalue weighted by Gasteiger charge is -2.06. The maximum atomic E-state index is 13.9. The molecule has 0 bridgehead atoms. The number of hydrogen-bond acceptors (Lipinski definition) is 2. The van der Waals surface area contributed by atoms with Gasteiger partial charge in [0.2, 0.25) is 5.91 Å². The fourth-order valence-corrected chi connectivity index (χ4v) is 2.92. The van der Waals surface area contributed by atoms with Gasteiger partial charge in [-0.1, -0.05) is 55.8 Å². The monoisotopic (exact) mass is 397 g/mol. The van der Waals surface area contributed by atoms with E-state index >= 15 is 0 Å². The summed E-state index contributed by atoms with van der Waals surface area (Å²) in [7, 11) is 0. The molecule has 1 N–H and O–H groups in total. The molecule has 6 heteroatoms. The molecule has 0 unspecified atom stereocenters. The van der Waals surface area contributed by atoms with Crippen molar-refractivity contribution < 1.29 is 9.18 Å². The van der Waals surface area contributed by atoms with E-state index in [1.165, 1.54) is 22.4 Å². The number of nitrogens with one attached hydrogen (secondary N) is 1. The van der Waals surface area contributed by atoms with Crippen molar-refractivity contribution in [1.82, 2.24) is 9.78 Å². The Kier molecular flexibility index (Phi) is 6.26. The molecule has 0 atom stereocenters. The van der Waals surface area contributed by atoms with E-state index in [1.807, 2.05) is 12.1 Å². The Morgan fingerprint density at radius 2 is 1.96 bits per heavy atom. The number of nitrogens with zero attached hydrogens (tertiary/aromatic N) is 2. The van der Waals surface area contributed by atoms with E-state index in [1.54, 1.807) is 30.5 Å². The quantitative estimate of drug-likeness (QED) is 0.558. The van der Waals surface area contributed by atoms with Gasteiger partial charge < -0.3 is 5.32 Å². The van der Waals surface area contributed by atoms with Gasteiger partial charge in [0.05, 0.1) is 6.54 Å². The van der Waals surface area contributed by atoms with Gasteiger partial charge in [0.15, 0.2) is 5.82 Å². The summed E-state index contributed by atoms with van der Waals surface area (Å²) in [5.74, 6) is 0.176. The predicted molar refractivity (Wildman–Crippen MR) is 111 cm³/mol. The first kappa shape index (κ1) is 19.8. The van der Waals surface area contributed by atoms with Crippen molar-refractivity contribution in [3.63, 3.8) is 0 Å². The van der Waals surface area contributed by atoms with E-state index in [0.29, 0.717) is 22.3 Å². The zero-order chi connectivity index (χ0) is 20.1. The Balaban J connectivity index is 1.60. The molecule has 0 aliphatic heterocycles. The molecule has 0 fully saturated rings. The van der Waals surface area contributed by atoms with Crippen LogP contribution in [0.2, 0.25) is 5.02 Å². The first-order valence-corrected chi connectivity index (χ1v) is 9.35. The summed E-state index contributed by atoms with van der Waals surface area (Å²) in [5.41, 5.74) is 2.55. The lowest BCUT2D eigenvalue weighted by molar-refractivity contribution is -0.111. The van der Waals surface area contributed by atoms with Crippen LogP contribution < -0.4 is 5.32 Å². The van der Waals surface area contributed by atoms with E-state index in [9.17, 15) is 9.18 Å². The van der Waals surface area contributed by atoms with E-state index in [0.717, 1.165) is 5.56 Å². The molecule has 0 spiro atoms. The van der Waals surface area contributed by atoms with Crippen molar-refractivity contribution in [3.8, 4) is 0 Å². The first-order valence-electron chi connectivity index (χ1n) is 8.98. The molecule has 3 aromatic rings. The number of carbonyl (C=O) groups is 1. The smallest absolute Gasteiger partial charge is 0.249 e. The van der Waals surface area contributed by atoms with Gasteiger partial charge >= 0.3 is 0 Å². The highest BCUT2D eigenvalue weighted by atomic mass is 35.5. The second kappa shape index (κ2) is 8.85. The summed E-state index contributed by atoms with van der Waals surface area (Å²) in [5, 5.41) is 7.27. The topological polar surface area (TPSA) is 46.9 Å². The number of benzene rings is 2. The molecular weight excluding hydrogens is 377 g/mol. The predicted octanol–water partition coefficient (Wildman–Crippen LogP) is 5.50. The maximum Gasteiger partial charge on any atom is 0.249 e. The van der Waals surface area contributed by atoms with E-state index in [2.05, 4.69) is 36.4 Å². The molecule has 3 rings (SSSR count). The average Bonchev–Trinajstić information content (AvgIpc) is 3.10. The third-order valence-electron chi connectivity index (χ3n) is 4.30. The Hall–Kier alpha value is -2.92. The van der Waals surface area contributed by atoms with Crippen LogP contribution in [0.15, 0.2) is 60.8 Å². The SMILES string of the molecule is CC(C)c1ccc(/C=C/C(=O)Nc2ccn(Cc3c(F)cccc3Cl)n2)cc1. The molecule has 0 radical (unpaired) electrons. The second-order valence-corrected chi connectivity index (χ2v) is 7.15. The zero-order valence-electron chi connectivity index (χ0n) is 15.7. The Morgan fingerprint density at radius 1 is 1.21 bits per heavy atom. The fourth-order valence-electron chi connectivity index (χ4n) is 2.69. The van der Waals surface area contributed by atoms with Gasteiger partial charge in [-0.2, -0.15) is 5.10 Å². The van der Waals surface area contributed by atoms with Gasteiger partial charge in [-0.3, -0.25) is 9.48 Å². The van der Waals surface area contributed by atoms with Gasteiger partial charge in [-0.15, -0.1) is 0 Å². The van der Waals surface area contributed by atoms with Crippen LogP contribution in [-0.4, -0.2) is 15.7 Å². The molecule has 1 amide bonds. The van der Waals surface area contributed by atoms with Crippen molar-refractivity contribution >= 4 is 29.4 Å². The minimum atomic E-state index is -0.389. The standard InChI is InChI=1S/C22H21ClFN3O/c1-15(2)17-9-6-16(7-10-17)8-11-22(28)25-21-12-13-27(26-21)14-18-19(23)4-3-5-20(18)24/h3-13,15H,14H2,1-2H3,(H,25,26,28)/b11-8+. The minimum Gasteiger partial charge on any atom is -0.306 e. The summed E-state index contributed by atoms with van der Waals surface area (Å²) in [6, 6.07) is 14.3. The lowest BCUT2D eigenvalue weighted by atomic mass is 10.0. The van der Waals surface area contributed by atoms with Crippen LogP contribution in [-0.2, 0) is 11.3 Å². The molecule has 2 aromatic carbocycles. The molecule has 0 aliphatic rings. The largest absolute Gasteiger partial charge is 0.306 e. The summed E-state index contributed by atoms with van der Waals surface area (Å²) in [6.45, 7) is 4.45. The Bertz CT molecular complexity index is 973. The number of anilines is 1. The van der Waals surface area contributed by atoms with Gasteiger partial charge in [-0.05, 0) is 35.3 Å². The van der Waals surface area contributed by atoms with Gasteiger partial charge in [-0.25, -0.2) is 4.39 Å². The molecule has 28 heavy (non-hydrogen) atoms. The third-order valence-corrected chi connectivity index (χ3v) is 4.66. The van der Waals surface area contributed by atoms with Gasteiger partial charge in [0.1, 0.15) is 5.82 Å². The average molecular weight is 398 g/mol. The molecule has 0 saturated heterocycles. The molecule has 1 heterocycles. The normalized spacial score (nSPS) is 11.3. The van der Waals surface area contributed by atoms with Crippen LogP contribution in [0.1, 0.15) is 36.5 Å². The highest BCUT2D eigenvalue weighted by Crippen LogP contribution is 2.20. The maximum absolute atomic E-state index is 13.9. The molecular formula is C22H21ClFN3O. The van der Waals surface area contributed by atoms with Crippen molar-refractivity contribution in [2.75, 3.05) is 5.32 Å². The van der Waals surface area contributed by atoms with E-state index in [4.69, 9.17) is 11.6 Å². The lowest BCUT2D eigenvalue weighted by Crippen LogP contribution is -2.09. The Labute approximate surface area is 168 Å². The summed E-state index contributed by atoms with van der Waals surface area (Å²) in [6.07, 6.45) is 4.86. The van der Waals surface area contributed by atoms with Crippen LogP contribution in [0, 0.1) is 5.82 Å². The number of hydrogen-bond donors (Lipinski definition) is 1. The van der Waals surface area contributed by atoms with Crippen LogP contribution in [0.3, 0.4) is 0 Å². The second-order valence-electron chi connectivity index (χ2n) is 6.74. The molecule has 0 saturated carbocycles. The highest BCUT2D eigenvalue weighted by molar-refractivity contribution is 6.31. The van der Waals surface area contributed by atoms with Crippen molar-refractivity contribution in [2.45, 2.75) is 26.3 Å². The number of rotatable bonds is 6. The van der Waals surface area contributed by atoms with Crippen molar-refractivity contribution in [1.29, 1.82) is 0 Å². The van der Waals surface area contributed by atoms with Gasteiger partial charge in [0.25, 0.3) is 0 Å². The third kappa shape index (κ3) is 5.08. The number of amides is 1. The zero-order valence-corrected chi connectivity index (χ0v) is 16.4. The fraction of sp³-hybridized carbons (Fsp3) is 0.182. The first-order chi connectivity index (χ1) is 13.4. The summed E-state index contributed by atoms with van der Waals surface area (Å²) < 4.78 is 15.4. The molecule has 1 aromatic heterocycles. The van der Waals surface area contributed by atoms with Crippen LogP contribution in [0.4, 0.5) is 10.2 Å². The van der Waals surface area contributed by atoms with Crippen LogP contribution >= 0.6 is 11.6 Å². The molecule has 4 nitrogen and oxygen atoms in total. The van der Waals surface area contributed by atoms with Crippen molar-refractivity contribution in [3.05, 3.63) is 88.3 Å². The summed E-state index contributed by atoms with van der Waals surface area (Å²) in [4.78, 5) is 12.1. The summed E-state index contributed by atoms with van der Waals surface area (Å²) >= 11 is 6.04. The number of carbonyl (C=O) groups excluding carboxylic acids is 1. The van der Waals surface area contributed by atoms with Crippen molar-refractivity contribution in [2.24, 2.45) is 0 Å². The van der Waals surface area contributed by atoms with Crippen LogP contribution in [0.25, 0.3) is 6.08 Å². The highest BCUT2D eigenvalue weighted by Gasteiger charge is 2.09. The minimum absolute atomic E-state index is 0.180. The molecule has 0 aliphatic carbocycles.